The van der Waals surface area contributed by atoms with Crippen LogP contribution in [-0.2, 0) is 16.6 Å². The van der Waals surface area contributed by atoms with E-state index in [1.807, 2.05) is 59.4 Å². The Morgan fingerprint density at radius 2 is 1.88 bits per heavy atom. The predicted molar refractivity (Wildman–Crippen MR) is 102 cm³/mol. The molecule has 1 heterocycles. The summed E-state index contributed by atoms with van der Waals surface area (Å²) in [7, 11) is -3.37. The zero-order valence-corrected chi connectivity index (χ0v) is 15.3. The summed E-state index contributed by atoms with van der Waals surface area (Å²) in [6, 6.07) is 18.6. The molecule has 0 spiro atoms. The lowest BCUT2D eigenvalue weighted by Crippen LogP contribution is -2.33. The van der Waals surface area contributed by atoms with Crippen LogP contribution >= 0.6 is 0 Å². The summed E-state index contributed by atoms with van der Waals surface area (Å²) in [5.41, 5.74) is 1.69. The summed E-state index contributed by atoms with van der Waals surface area (Å²) in [5, 5.41) is 4.19. The number of hydrogen-bond donors (Lipinski definition) is 0. The molecule has 0 fully saturated rings. The Hall–Kier alpha value is -2.80. The van der Waals surface area contributed by atoms with Gasteiger partial charge in [-0.15, -0.1) is 0 Å². The number of para-hydroxylation sites is 1. The molecule has 0 unspecified atom stereocenters. The van der Waals surface area contributed by atoms with E-state index in [0.29, 0.717) is 18.0 Å². The minimum atomic E-state index is -3.37. The van der Waals surface area contributed by atoms with Crippen LogP contribution < -0.4 is 9.04 Å². The fourth-order valence-corrected chi connectivity index (χ4v) is 3.55. The molecule has 6 nitrogen and oxygen atoms in total. The van der Waals surface area contributed by atoms with Crippen molar-refractivity contribution in [3.63, 3.8) is 0 Å². The zero-order chi connectivity index (χ0) is 18.4. The van der Waals surface area contributed by atoms with Gasteiger partial charge in [-0.2, -0.15) is 5.10 Å². The van der Waals surface area contributed by atoms with Crippen LogP contribution in [0, 0.1) is 0 Å². The summed E-state index contributed by atoms with van der Waals surface area (Å²) in [6.45, 7) is 1.16. The first-order valence-electron chi connectivity index (χ1n) is 8.24. The topological polar surface area (TPSA) is 64.4 Å². The fourth-order valence-electron chi connectivity index (χ4n) is 2.64. The first-order valence-corrected chi connectivity index (χ1v) is 10.1. The van der Waals surface area contributed by atoms with Gasteiger partial charge in [-0.05, 0) is 35.9 Å². The largest absolute Gasteiger partial charge is 0.492 e. The van der Waals surface area contributed by atoms with Crippen molar-refractivity contribution in [1.29, 1.82) is 0 Å². The van der Waals surface area contributed by atoms with E-state index in [4.69, 9.17) is 4.74 Å². The molecule has 0 bridgehead atoms. The molecule has 0 saturated heterocycles. The van der Waals surface area contributed by atoms with Crippen LogP contribution in [-0.4, -0.2) is 37.6 Å². The number of nitrogens with zero attached hydrogens (tertiary/aromatic N) is 3. The highest BCUT2D eigenvalue weighted by Gasteiger charge is 2.16. The smallest absolute Gasteiger partial charge is 0.232 e. The molecule has 0 amide bonds. The quantitative estimate of drug-likeness (QED) is 0.611. The second-order valence-corrected chi connectivity index (χ2v) is 7.78. The number of rotatable bonds is 8. The molecule has 0 aliphatic heterocycles. The maximum absolute atomic E-state index is 12.1. The molecule has 136 valence electrons. The third kappa shape index (κ3) is 4.86. The number of hydrogen-bond acceptors (Lipinski definition) is 4. The van der Waals surface area contributed by atoms with Gasteiger partial charge in [0.2, 0.25) is 10.0 Å². The van der Waals surface area contributed by atoms with E-state index in [1.54, 1.807) is 18.3 Å². The first-order chi connectivity index (χ1) is 12.5. The average Bonchev–Trinajstić information content (AvgIpc) is 3.12. The van der Waals surface area contributed by atoms with E-state index in [-0.39, 0.29) is 13.2 Å². The van der Waals surface area contributed by atoms with Crippen LogP contribution in [0.2, 0.25) is 0 Å². The minimum absolute atomic E-state index is 0.242. The Kier molecular flexibility index (Phi) is 5.58. The lowest BCUT2D eigenvalue weighted by Gasteiger charge is -2.22. The molecule has 0 N–H and O–H groups in total. The normalized spacial score (nSPS) is 11.3. The number of ether oxygens (including phenoxy) is 1. The van der Waals surface area contributed by atoms with Crippen LogP contribution in [0.15, 0.2) is 73.1 Å². The molecule has 2 aromatic carbocycles. The Morgan fingerprint density at radius 3 is 2.58 bits per heavy atom. The van der Waals surface area contributed by atoms with Gasteiger partial charge in [0.05, 0.1) is 25.0 Å². The predicted octanol–water partition coefficient (Wildman–Crippen LogP) is 2.78. The highest BCUT2D eigenvalue weighted by Crippen LogP contribution is 2.18. The van der Waals surface area contributed by atoms with Crippen molar-refractivity contribution in [3.05, 3.63) is 78.6 Å². The molecule has 3 rings (SSSR count). The highest BCUT2D eigenvalue weighted by molar-refractivity contribution is 7.92. The SMILES string of the molecule is CS(=O)(=O)N(CCOc1cccc(Cn2cccn2)c1)c1ccccc1. The summed E-state index contributed by atoms with van der Waals surface area (Å²) in [4.78, 5) is 0. The van der Waals surface area contributed by atoms with Crippen molar-refractivity contribution in [2.75, 3.05) is 23.7 Å². The second-order valence-electron chi connectivity index (χ2n) is 5.87. The molecule has 0 atom stereocenters. The van der Waals surface area contributed by atoms with E-state index < -0.39 is 10.0 Å². The fraction of sp³-hybridized carbons (Fsp3) is 0.211. The molecule has 7 heteroatoms. The molecule has 0 aliphatic rings. The van der Waals surface area contributed by atoms with Crippen molar-refractivity contribution in [1.82, 2.24) is 9.78 Å². The Morgan fingerprint density at radius 1 is 1.08 bits per heavy atom. The van der Waals surface area contributed by atoms with Gasteiger partial charge in [0.15, 0.2) is 0 Å². The lowest BCUT2D eigenvalue weighted by molar-refractivity contribution is 0.328. The number of benzene rings is 2. The van der Waals surface area contributed by atoms with Gasteiger partial charge in [0.1, 0.15) is 12.4 Å². The van der Waals surface area contributed by atoms with Gasteiger partial charge in [0, 0.05) is 12.4 Å². The van der Waals surface area contributed by atoms with Crippen molar-refractivity contribution >= 4 is 15.7 Å². The number of anilines is 1. The van der Waals surface area contributed by atoms with E-state index in [9.17, 15) is 8.42 Å². The van der Waals surface area contributed by atoms with Gasteiger partial charge in [-0.3, -0.25) is 8.99 Å². The maximum Gasteiger partial charge on any atom is 0.232 e. The Bertz CT molecular complexity index is 926. The molecule has 0 radical (unpaired) electrons. The van der Waals surface area contributed by atoms with Gasteiger partial charge in [0.25, 0.3) is 0 Å². The van der Waals surface area contributed by atoms with Crippen LogP contribution in [0.4, 0.5) is 5.69 Å². The lowest BCUT2D eigenvalue weighted by atomic mass is 10.2. The van der Waals surface area contributed by atoms with Crippen LogP contribution in [0.25, 0.3) is 0 Å². The molecular weight excluding hydrogens is 350 g/mol. The number of sulfonamides is 1. The standard InChI is InChI=1S/C19H21N3O3S/c1-26(23,24)22(18-8-3-2-4-9-18)13-14-25-19-10-5-7-17(15-19)16-21-12-6-11-20-21/h2-12,15H,13-14,16H2,1H3. The first kappa shape index (κ1) is 18.0. The van der Waals surface area contributed by atoms with E-state index in [1.165, 1.54) is 10.6 Å². The highest BCUT2D eigenvalue weighted by atomic mass is 32.2. The zero-order valence-electron chi connectivity index (χ0n) is 14.5. The Labute approximate surface area is 153 Å². The number of aromatic nitrogens is 2. The summed E-state index contributed by atoms with van der Waals surface area (Å²) in [5.74, 6) is 0.705. The summed E-state index contributed by atoms with van der Waals surface area (Å²) >= 11 is 0. The second kappa shape index (κ2) is 8.05. The third-order valence-corrected chi connectivity index (χ3v) is 5.00. The Balaban J connectivity index is 1.63. The van der Waals surface area contributed by atoms with Crippen LogP contribution in [0.5, 0.6) is 5.75 Å². The van der Waals surface area contributed by atoms with E-state index in [2.05, 4.69) is 5.10 Å². The van der Waals surface area contributed by atoms with Crippen LogP contribution in [0.3, 0.4) is 0 Å². The van der Waals surface area contributed by atoms with Gasteiger partial charge in [-0.1, -0.05) is 30.3 Å². The molecular formula is C19H21N3O3S. The molecule has 26 heavy (non-hydrogen) atoms. The molecule has 3 aromatic rings. The van der Waals surface area contributed by atoms with E-state index in [0.717, 1.165) is 5.56 Å². The average molecular weight is 371 g/mol. The summed E-state index contributed by atoms with van der Waals surface area (Å²) in [6.07, 6.45) is 4.84. The third-order valence-electron chi connectivity index (χ3n) is 3.81. The van der Waals surface area contributed by atoms with Crippen molar-refractivity contribution in [2.45, 2.75) is 6.54 Å². The summed E-state index contributed by atoms with van der Waals surface area (Å²) < 4.78 is 33.1. The minimum Gasteiger partial charge on any atom is -0.492 e. The van der Waals surface area contributed by atoms with Crippen LogP contribution in [0.1, 0.15) is 5.56 Å². The molecule has 1 aromatic heterocycles. The van der Waals surface area contributed by atoms with Gasteiger partial charge < -0.3 is 4.74 Å². The molecule has 0 aliphatic carbocycles. The molecule has 0 saturated carbocycles. The maximum atomic E-state index is 12.1. The van der Waals surface area contributed by atoms with Gasteiger partial charge in [-0.25, -0.2) is 8.42 Å². The van der Waals surface area contributed by atoms with Gasteiger partial charge >= 0.3 is 0 Å². The van der Waals surface area contributed by atoms with E-state index >= 15 is 0 Å². The van der Waals surface area contributed by atoms with Crippen molar-refractivity contribution in [2.24, 2.45) is 0 Å². The van der Waals surface area contributed by atoms with Crippen molar-refractivity contribution in [3.8, 4) is 5.75 Å². The van der Waals surface area contributed by atoms with Crippen molar-refractivity contribution < 1.29 is 13.2 Å². The monoisotopic (exact) mass is 371 g/mol.